The molecule has 22 heavy (non-hydrogen) atoms. The summed E-state index contributed by atoms with van der Waals surface area (Å²) in [5.41, 5.74) is 2.72. The third kappa shape index (κ3) is 2.62. The molecular formula is C17H16ClNO3. The monoisotopic (exact) mass is 317 g/mol. The van der Waals surface area contributed by atoms with Crippen molar-refractivity contribution in [1.82, 2.24) is 0 Å². The predicted octanol–water partition coefficient (Wildman–Crippen LogP) is 3.64. The second-order valence-corrected chi connectivity index (χ2v) is 5.59. The molecule has 0 unspecified atom stereocenters. The molecule has 2 aromatic carbocycles. The summed E-state index contributed by atoms with van der Waals surface area (Å²) in [6, 6.07) is 11.1. The zero-order valence-electron chi connectivity index (χ0n) is 12.4. The molecule has 0 saturated carbocycles. The SMILES string of the molecule is COc1ccc(C[C@@H]2C(=O)Nc3cc(Cl)ccc32)c(OC)c1. The fourth-order valence-corrected chi connectivity index (χ4v) is 2.92. The molecule has 0 spiro atoms. The number of hydrogen-bond donors (Lipinski definition) is 1. The molecule has 3 rings (SSSR count). The summed E-state index contributed by atoms with van der Waals surface area (Å²) in [5.74, 6) is 1.18. The van der Waals surface area contributed by atoms with Crippen LogP contribution in [0, 0.1) is 0 Å². The molecule has 1 N–H and O–H groups in total. The number of ether oxygens (including phenoxy) is 2. The first-order chi connectivity index (χ1) is 10.6. The zero-order chi connectivity index (χ0) is 15.7. The molecule has 0 aromatic heterocycles. The van der Waals surface area contributed by atoms with E-state index in [4.69, 9.17) is 21.1 Å². The smallest absolute Gasteiger partial charge is 0.232 e. The number of carbonyl (C=O) groups is 1. The standard InChI is InChI=1S/C17H16ClNO3/c1-21-12-5-3-10(16(9-12)22-2)7-14-13-6-4-11(18)8-15(13)19-17(14)20/h3-6,8-9,14H,7H2,1-2H3,(H,19,20)/t14-/m0/s1. The second kappa shape index (κ2) is 5.89. The first-order valence-electron chi connectivity index (χ1n) is 6.93. The van der Waals surface area contributed by atoms with Crippen molar-refractivity contribution in [3.05, 3.63) is 52.5 Å². The molecule has 5 heteroatoms. The van der Waals surface area contributed by atoms with Crippen LogP contribution in [-0.2, 0) is 11.2 Å². The number of nitrogens with one attached hydrogen (secondary N) is 1. The minimum absolute atomic E-state index is 0.0184. The maximum absolute atomic E-state index is 12.2. The summed E-state index contributed by atoms with van der Waals surface area (Å²) >= 11 is 5.97. The summed E-state index contributed by atoms with van der Waals surface area (Å²) in [5, 5.41) is 3.49. The highest BCUT2D eigenvalue weighted by Gasteiger charge is 2.31. The van der Waals surface area contributed by atoms with Crippen LogP contribution in [0.1, 0.15) is 17.0 Å². The van der Waals surface area contributed by atoms with Crippen LogP contribution in [0.25, 0.3) is 0 Å². The van der Waals surface area contributed by atoms with Crippen molar-refractivity contribution in [1.29, 1.82) is 0 Å². The lowest BCUT2D eigenvalue weighted by Gasteiger charge is -2.13. The van der Waals surface area contributed by atoms with E-state index in [9.17, 15) is 4.79 Å². The number of amides is 1. The largest absolute Gasteiger partial charge is 0.497 e. The lowest BCUT2D eigenvalue weighted by molar-refractivity contribution is -0.117. The van der Waals surface area contributed by atoms with Gasteiger partial charge in [-0.2, -0.15) is 0 Å². The van der Waals surface area contributed by atoms with Crippen LogP contribution in [0.2, 0.25) is 5.02 Å². The second-order valence-electron chi connectivity index (χ2n) is 5.16. The molecule has 0 fully saturated rings. The third-order valence-electron chi connectivity index (χ3n) is 3.88. The van der Waals surface area contributed by atoms with Crippen molar-refractivity contribution in [2.75, 3.05) is 19.5 Å². The van der Waals surface area contributed by atoms with Gasteiger partial charge in [0, 0.05) is 16.8 Å². The van der Waals surface area contributed by atoms with Crippen LogP contribution in [0.3, 0.4) is 0 Å². The average molecular weight is 318 g/mol. The molecule has 0 aliphatic carbocycles. The van der Waals surface area contributed by atoms with Crippen LogP contribution in [0.5, 0.6) is 11.5 Å². The molecule has 1 amide bonds. The lowest BCUT2D eigenvalue weighted by atomic mass is 9.92. The van der Waals surface area contributed by atoms with Gasteiger partial charge < -0.3 is 14.8 Å². The van der Waals surface area contributed by atoms with Crippen molar-refractivity contribution < 1.29 is 14.3 Å². The number of hydrogen-bond acceptors (Lipinski definition) is 3. The fraction of sp³-hybridized carbons (Fsp3) is 0.235. The molecule has 1 atom stereocenters. The minimum Gasteiger partial charge on any atom is -0.497 e. The van der Waals surface area contributed by atoms with E-state index in [1.54, 1.807) is 26.4 Å². The number of halogens is 1. The van der Waals surface area contributed by atoms with Crippen molar-refractivity contribution in [3.63, 3.8) is 0 Å². The quantitative estimate of drug-likeness (QED) is 0.936. The van der Waals surface area contributed by atoms with Gasteiger partial charge in [0.1, 0.15) is 11.5 Å². The Labute approximate surface area is 134 Å². The Morgan fingerprint density at radius 3 is 2.68 bits per heavy atom. The molecule has 0 saturated heterocycles. The maximum Gasteiger partial charge on any atom is 0.232 e. The molecule has 2 aromatic rings. The van der Waals surface area contributed by atoms with E-state index >= 15 is 0 Å². The summed E-state index contributed by atoms with van der Waals surface area (Å²) in [4.78, 5) is 12.2. The van der Waals surface area contributed by atoms with Crippen LogP contribution >= 0.6 is 11.6 Å². The highest BCUT2D eigenvalue weighted by atomic mass is 35.5. The van der Waals surface area contributed by atoms with E-state index in [0.29, 0.717) is 11.4 Å². The Kier molecular flexibility index (Phi) is 3.94. The van der Waals surface area contributed by atoms with E-state index in [-0.39, 0.29) is 11.8 Å². The Morgan fingerprint density at radius 2 is 1.95 bits per heavy atom. The van der Waals surface area contributed by atoms with Crippen LogP contribution in [0.4, 0.5) is 5.69 Å². The Hall–Kier alpha value is -2.20. The maximum atomic E-state index is 12.2. The zero-order valence-corrected chi connectivity index (χ0v) is 13.1. The molecule has 4 nitrogen and oxygen atoms in total. The predicted molar refractivity (Wildman–Crippen MR) is 86.1 cm³/mol. The van der Waals surface area contributed by atoms with Crippen molar-refractivity contribution in [2.24, 2.45) is 0 Å². The van der Waals surface area contributed by atoms with Crippen molar-refractivity contribution in [2.45, 2.75) is 12.3 Å². The summed E-state index contributed by atoms with van der Waals surface area (Å²) in [7, 11) is 3.22. The first-order valence-corrected chi connectivity index (χ1v) is 7.31. The minimum atomic E-state index is -0.241. The molecule has 1 aliphatic heterocycles. The first kappa shape index (κ1) is 14.7. The van der Waals surface area contributed by atoms with Crippen molar-refractivity contribution in [3.8, 4) is 11.5 Å². The summed E-state index contributed by atoms with van der Waals surface area (Å²) < 4.78 is 10.6. The molecule has 1 aliphatic rings. The average Bonchev–Trinajstić information content (AvgIpc) is 2.82. The topological polar surface area (TPSA) is 47.6 Å². The van der Waals surface area contributed by atoms with Gasteiger partial charge in [-0.15, -0.1) is 0 Å². The van der Waals surface area contributed by atoms with Gasteiger partial charge in [-0.25, -0.2) is 0 Å². The van der Waals surface area contributed by atoms with Crippen LogP contribution in [-0.4, -0.2) is 20.1 Å². The normalized spacial score (nSPS) is 16.1. The number of rotatable bonds is 4. The van der Waals surface area contributed by atoms with Gasteiger partial charge in [0.05, 0.1) is 20.1 Å². The number of fused-ring (bicyclic) bond motifs is 1. The lowest BCUT2D eigenvalue weighted by Crippen LogP contribution is -2.14. The van der Waals surface area contributed by atoms with Crippen LogP contribution < -0.4 is 14.8 Å². The summed E-state index contributed by atoms with van der Waals surface area (Å²) in [6.07, 6.45) is 0.563. The number of carbonyl (C=O) groups excluding carboxylic acids is 1. The molecule has 0 radical (unpaired) electrons. The highest BCUT2D eigenvalue weighted by Crippen LogP contribution is 2.38. The van der Waals surface area contributed by atoms with Gasteiger partial charge in [-0.05, 0) is 35.7 Å². The van der Waals surface area contributed by atoms with E-state index in [1.165, 1.54) is 0 Å². The molecular weight excluding hydrogens is 302 g/mol. The Morgan fingerprint density at radius 1 is 1.14 bits per heavy atom. The summed E-state index contributed by atoms with van der Waals surface area (Å²) in [6.45, 7) is 0. The molecule has 114 valence electrons. The van der Waals surface area contributed by atoms with Gasteiger partial charge in [-0.1, -0.05) is 23.7 Å². The number of methoxy groups -OCH3 is 2. The van der Waals surface area contributed by atoms with Gasteiger partial charge >= 0.3 is 0 Å². The van der Waals surface area contributed by atoms with Gasteiger partial charge in [0.15, 0.2) is 0 Å². The van der Waals surface area contributed by atoms with Crippen LogP contribution in [0.15, 0.2) is 36.4 Å². The van der Waals surface area contributed by atoms with Gasteiger partial charge in [0.25, 0.3) is 0 Å². The van der Waals surface area contributed by atoms with Gasteiger partial charge in [0.2, 0.25) is 5.91 Å². The number of anilines is 1. The van der Waals surface area contributed by atoms with Crippen molar-refractivity contribution >= 4 is 23.2 Å². The van der Waals surface area contributed by atoms with E-state index < -0.39 is 0 Å². The highest BCUT2D eigenvalue weighted by molar-refractivity contribution is 6.31. The van der Waals surface area contributed by atoms with E-state index in [2.05, 4.69) is 5.32 Å². The number of benzene rings is 2. The third-order valence-corrected chi connectivity index (χ3v) is 4.12. The van der Waals surface area contributed by atoms with Gasteiger partial charge in [-0.3, -0.25) is 4.79 Å². The van der Waals surface area contributed by atoms with E-state index in [1.807, 2.05) is 24.3 Å². The molecule has 0 bridgehead atoms. The molecule has 1 heterocycles. The van der Waals surface area contributed by atoms with E-state index in [0.717, 1.165) is 28.3 Å². The fourth-order valence-electron chi connectivity index (χ4n) is 2.74. The Balaban J connectivity index is 1.92. The Bertz CT molecular complexity index is 730.